The van der Waals surface area contributed by atoms with Gasteiger partial charge < -0.3 is 15.0 Å². The minimum atomic E-state index is -0.124. The molecule has 0 radical (unpaired) electrons. The van der Waals surface area contributed by atoms with Crippen molar-refractivity contribution in [3.63, 3.8) is 0 Å². The molecule has 28 heavy (non-hydrogen) atoms. The number of ether oxygens (including phenoxy) is 1. The van der Waals surface area contributed by atoms with E-state index in [1.807, 2.05) is 24.0 Å². The van der Waals surface area contributed by atoms with Crippen molar-refractivity contribution < 1.29 is 14.3 Å². The number of hydrazine groups is 1. The Balaban J connectivity index is 1.55. The van der Waals surface area contributed by atoms with Crippen molar-refractivity contribution in [1.29, 1.82) is 0 Å². The number of rotatable bonds is 6. The van der Waals surface area contributed by atoms with Gasteiger partial charge in [-0.15, -0.1) is 0 Å². The number of methoxy groups -OCH3 is 1. The standard InChI is InChI=1S/C21H32N4O3/c1-14(23-15(2)26)11-20(27)25-9-7-16(8-10-25)21-19(13-22-24-21)17-5-4-6-18(12-17)28-3/h4-6,12,14,16,19,21-22,24H,7-11,13H2,1-3H3,(H,23,26). The Hall–Kier alpha value is -2.12. The minimum Gasteiger partial charge on any atom is -0.497 e. The molecular formula is C21H32N4O3. The van der Waals surface area contributed by atoms with Gasteiger partial charge in [0.15, 0.2) is 0 Å². The second-order valence-corrected chi connectivity index (χ2v) is 7.96. The molecule has 7 nitrogen and oxygen atoms in total. The van der Waals surface area contributed by atoms with E-state index >= 15 is 0 Å². The van der Waals surface area contributed by atoms with Gasteiger partial charge in [0.2, 0.25) is 11.8 Å². The zero-order valence-electron chi connectivity index (χ0n) is 17.0. The van der Waals surface area contributed by atoms with E-state index in [1.165, 1.54) is 12.5 Å². The first-order valence-electron chi connectivity index (χ1n) is 10.1. The van der Waals surface area contributed by atoms with Crippen LogP contribution in [0.25, 0.3) is 0 Å². The van der Waals surface area contributed by atoms with Crippen molar-refractivity contribution >= 4 is 11.8 Å². The predicted molar refractivity (Wildman–Crippen MR) is 108 cm³/mol. The van der Waals surface area contributed by atoms with Gasteiger partial charge in [0.25, 0.3) is 0 Å². The summed E-state index contributed by atoms with van der Waals surface area (Å²) in [5, 5.41) is 2.78. The number of carbonyl (C=O) groups is 2. The number of nitrogens with zero attached hydrogens (tertiary/aromatic N) is 1. The highest BCUT2D eigenvalue weighted by molar-refractivity contribution is 5.78. The summed E-state index contributed by atoms with van der Waals surface area (Å²) in [7, 11) is 1.70. The summed E-state index contributed by atoms with van der Waals surface area (Å²) in [5.74, 6) is 1.82. The monoisotopic (exact) mass is 388 g/mol. The highest BCUT2D eigenvalue weighted by Gasteiger charge is 2.37. The first kappa shape index (κ1) is 20.6. The summed E-state index contributed by atoms with van der Waals surface area (Å²) >= 11 is 0. The van der Waals surface area contributed by atoms with E-state index in [-0.39, 0.29) is 17.9 Å². The van der Waals surface area contributed by atoms with Crippen molar-refractivity contribution in [1.82, 2.24) is 21.1 Å². The van der Waals surface area contributed by atoms with E-state index < -0.39 is 0 Å². The molecule has 7 heteroatoms. The molecule has 1 aromatic rings. The Kier molecular flexibility index (Phi) is 6.91. The van der Waals surface area contributed by atoms with Gasteiger partial charge in [-0.05, 0) is 43.4 Å². The van der Waals surface area contributed by atoms with Crippen molar-refractivity contribution in [3.8, 4) is 5.75 Å². The van der Waals surface area contributed by atoms with Crippen molar-refractivity contribution in [2.45, 2.75) is 51.1 Å². The fourth-order valence-electron chi connectivity index (χ4n) is 4.46. The summed E-state index contributed by atoms with van der Waals surface area (Å²) in [6, 6.07) is 8.52. The maximum absolute atomic E-state index is 12.5. The van der Waals surface area contributed by atoms with E-state index in [9.17, 15) is 9.59 Å². The molecule has 154 valence electrons. The lowest BCUT2D eigenvalue weighted by Crippen LogP contribution is -2.47. The second kappa shape index (κ2) is 9.39. The third-order valence-electron chi connectivity index (χ3n) is 5.88. The number of nitrogens with one attached hydrogen (secondary N) is 3. The Morgan fingerprint density at radius 3 is 2.75 bits per heavy atom. The topological polar surface area (TPSA) is 82.7 Å². The molecule has 2 heterocycles. The normalized spacial score (nSPS) is 24.0. The van der Waals surface area contributed by atoms with E-state index in [4.69, 9.17) is 4.74 Å². The molecule has 2 aliphatic rings. The van der Waals surface area contributed by atoms with Gasteiger partial charge in [-0.2, -0.15) is 0 Å². The number of hydrogen-bond donors (Lipinski definition) is 3. The largest absolute Gasteiger partial charge is 0.497 e. The number of hydrogen-bond acceptors (Lipinski definition) is 5. The summed E-state index contributed by atoms with van der Waals surface area (Å²) in [4.78, 5) is 25.6. The van der Waals surface area contributed by atoms with Crippen LogP contribution in [-0.2, 0) is 9.59 Å². The number of amides is 2. The molecule has 0 bridgehead atoms. The molecule has 2 amide bonds. The summed E-state index contributed by atoms with van der Waals surface area (Å²) < 4.78 is 5.38. The molecule has 0 spiro atoms. The molecule has 3 unspecified atom stereocenters. The lowest BCUT2D eigenvalue weighted by atomic mass is 9.80. The molecule has 2 saturated heterocycles. The van der Waals surface area contributed by atoms with Crippen LogP contribution in [-0.4, -0.2) is 55.5 Å². The van der Waals surface area contributed by atoms with Gasteiger partial charge in [-0.25, -0.2) is 0 Å². The third kappa shape index (κ3) is 5.02. The zero-order valence-corrected chi connectivity index (χ0v) is 17.0. The minimum absolute atomic E-state index is 0.0950. The molecule has 3 atom stereocenters. The lowest BCUT2D eigenvalue weighted by molar-refractivity contribution is -0.133. The highest BCUT2D eigenvalue weighted by Crippen LogP contribution is 2.33. The van der Waals surface area contributed by atoms with Crippen LogP contribution >= 0.6 is 0 Å². The van der Waals surface area contributed by atoms with E-state index in [2.05, 4.69) is 28.3 Å². The fourth-order valence-corrected chi connectivity index (χ4v) is 4.46. The Bertz CT molecular complexity index is 688. The third-order valence-corrected chi connectivity index (χ3v) is 5.88. The zero-order chi connectivity index (χ0) is 20.1. The van der Waals surface area contributed by atoms with Crippen LogP contribution in [0.15, 0.2) is 24.3 Å². The van der Waals surface area contributed by atoms with E-state index in [0.29, 0.717) is 24.3 Å². The van der Waals surface area contributed by atoms with Crippen LogP contribution < -0.4 is 20.9 Å². The molecular weight excluding hydrogens is 356 g/mol. The van der Waals surface area contributed by atoms with E-state index in [0.717, 1.165) is 38.2 Å². The SMILES string of the molecule is COc1cccc(C2CNNC2C2CCN(C(=O)CC(C)NC(C)=O)CC2)c1. The number of piperidine rings is 1. The lowest BCUT2D eigenvalue weighted by Gasteiger charge is -2.37. The molecule has 0 aliphatic carbocycles. The van der Waals surface area contributed by atoms with Gasteiger partial charge in [0, 0.05) is 51.0 Å². The predicted octanol–water partition coefficient (Wildman–Crippen LogP) is 1.41. The molecule has 1 aromatic carbocycles. The Morgan fingerprint density at radius 2 is 2.07 bits per heavy atom. The first-order valence-corrected chi connectivity index (χ1v) is 10.1. The first-order chi connectivity index (χ1) is 13.5. The number of benzene rings is 1. The second-order valence-electron chi connectivity index (χ2n) is 7.96. The van der Waals surface area contributed by atoms with Crippen LogP contribution in [0.4, 0.5) is 0 Å². The quantitative estimate of drug-likeness (QED) is 0.686. The summed E-state index contributed by atoms with van der Waals surface area (Å²) in [6.45, 7) is 5.80. The van der Waals surface area contributed by atoms with Crippen LogP contribution in [0.3, 0.4) is 0 Å². The van der Waals surface area contributed by atoms with E-state index in [1.54, 1.807) is 7.11 Å². The Morgan fingerprint density at radius 1 is 1.32 bits per heavy atom. The molecule has 3 N–H and O–H groups in total. The average Bonchev–Trinajstić information content (AvgIpc) is 3.17. The maximum atomic E-state index is 12.5. The molecule has 0 saturated carbocycles. The molecule has 2 aliphatic heterocycles. The summed E-state index contributed by atoms with van der Waals surface area (Å²) in [6.07, 6.45) is 2.33. The smallest absolute Gasteiger partial charge is 0.224 e. The number of carbonyl (C=O) groups excluding carboxylic acids is 2. The highest BCUT2D eigenvalue weighted by atomic mass is 16.5. The van der Waals surface area contributed by atoms with Gasteiger partial charge >= 0.3 is 0 Å². The Labute approximate surface area is 167 Å². The fraction of sp³-hybridized carbons (Fsp3) is 0.619. The van der Waals surface area contributed by atoms with Crippen LogP contribution in [0, 0.1) is 5.92 Å². The summed E-state index contributed by atoms with van der Waals surface area (Å²) in [5.41, 5.74) is 8.07. The molecule has 2 fully saturated rings. The van der Waals surface area contributed by atoms with Gasteiger partial charge in [-0.3, -0.25) is 20.4 Å². The van der Waals surface area contributed by atoms with Crippen LogP contribution in [0.2, 0.25) is 0 Å². The maximum Gasteiger partial charge on any atom is 0.224 e. The van der Waals surface area contributed by atoms with Gasteiger partial charge in [-0.1, -0.05) is 12.1 Å². The molecule has 3 rings (SSSR count). The van der Waals surface area contributed by atoms with Gasteiger partial charge in [0.1, 0.15) is 5.75 Å². The average molecular weight is 389 g/mol. The number of likely N-dealkylation sites (tertiary alicyclic amines) is 1. The van der Waals surface area contributed by atoms with Crippen LogP contribution in [0.1, 0.15) is 44.6 Å². The van der Waals surface area contributed by atoms with Crippen molar-refractivity contribution in [3.05, 3.63) is 29.8 Å². The van der Waals surface area contributed by atoms with Gasteiger partial charge in [0.05, 0.1) is 7.11 Å². The van der Waals surface area contributed by atoms with Crippen molar-refractivity contribution in [2.24, 2.45) is 5.92 Å². The van der Waals surface area contributed by atoms with Crippen LogP contribution in [0.5, 0.6) is 5.75 Å². The molecule has 0 aromatic heterocycles. The van der Waals surface area contributed by atoms with Crippen molar-refractivity contribution in [2.75, 3.05) is 26.7 Å².